The predicted molar refractivity (Wildman–Crippen MR) is 116 cm³/mol. The first-order valence-electron chi connectivity index (χ1n) is 10.0. The zero-order chi connectivity index (χ0) is 20.9. The fourth-order valence-corrected chi connectivity index (χ4v) is 4.90. The summed E-state index contributed by atoms with van der Waals surface area (Å²) >= 11 is 1.73. The Labute approximate surface area is 183 Å². The SMILES string of the molecule is Cc1cc2c(c3c1C(=O)/C(=C/c1ccc4c(c1)OCO4)O3)CN(Cc1cccs1)CO2. The lowest BCUT2D eigenvalue weighted by Gasteiger charge is -2.29. The van der Waals surface area contributed by atoms with Gasteiger partial charge in [-0.15, -0.1) is 11.3 Å². The lowest BCUT2D eigenvalue weighted by atomic mass is 9.98. The lowest BCUT2D eigenvalue weighted by molar-refractivity contribution is 0.0881. The summed E-state index contributed by atoms with van der Waals surface area (Å²) in [5, 5.41) is 2.07. The molecule has 3 aromatic rings. The average Bonchev–Trinajstić information content (AvgIpc) is 3.50. The van der Waals surface area contributed by atoms with Crippen molar-refractivity contribution < 1.29 is 23.7 Å². The highest BCUT2D eigenvalue weighted by atomic mass is 32.1. The summed E-state index contributed by atoms with van der Waals surface area (Å²) in [4.78, 5) is 16.7. The molecule has 3 aliphatic heterocycles. The number of carbonyl (C=O) groups excluding carboxylic acids is 1. The van der Waals surface area contributed by atoms with Crippen molar-refractivity contribution in [3.8, 4) is 23.0 Å². The molecule has 3 aliphatic rings. The van der Waals surface area contributed by atoms with Crippen LogP contribution in [0.3, 0.4) is 0 Å². The Morgan fingerprint density at radius 1 is 1.10 bits per heavy atom. The zero-order valence-corrected chi connectivity index (χ0v) is 17.7. The van der Waals surface area contributed by atoms with Gasteiger partial charge in [-0.3, -0.25) is 9.69 Å². The van der Waals surface area contributed by atoms with Crippen molar-refractivity contribution in [2.24, 2.45) is 0 Å². The second-order valence-electron chi connectivity index (χ2n) is 7.77. The number of nitrogens with zero attached hydrogens (tertiary/aromatic N) is 1. The molecule has 1 aromatic heterocycles. The Morgan fingerprint density at radius 2 is 2.00 bits per heavy atom. The molecule has 4 heterocycles. The number of Topliss-reactive ketones (excluding diaryl/α,β-unsaturated/α-hetero) is 1. The second-order valence-corrected chi connectivity index (χ2v) is 8.80. The summed E-state index contributed by atoms with van der Waals surface area (Å²) in [7, 11) is 0. The summed E-state index contributed by atoms with van der Waals surface area (Å²) in [6.07, 6.45) is 1.75. The van der Waals surface area contributed by atoms with Crippen LogP contribution in [0.5, 0.6) is 23.0 Å². The van der Waals surface area contributed by atoms with Gasteiger partial charge in [-0.1, -0.05) is 12.1 Å². The summed E-state index contributed by atoms with van der Waals surface area (Å²) in [5.41, 5.74) is 3.22. The van der Waals surface area contributed by atoms with Gasteiger partial charge >= 0.3 is 0 Å². The van der Waals surface area contributed by atoms with Gasteiger partial charge in [0.2, 0.25) is 12.6 Å². The summed E-state index contributed by atoms with van der Waals surface area (Å²) < 4.78 is 23.0. The Morgan fingerprint density at radius 3 is 2.87 bits per heavy atom. The van der Waals surface area contributed by atoms with Crippen LogP contribution in [0.2, 0.25) is 0 Å². The van der Waals surface area contributed by atoms with Crippen molar-refractivity contribution in [1.82, 2.24) is 4.90 Å². The molecule has 0 unspecified atom stereocenters. The smallest absolute Gasteiger partial charge is 0.232 e. The largest absolute Gasteiger partial charge is 0.478 e. The minimum absolute atomic E-state index is 0.108. The van der Waals surface area contributed by atoms with Crippen LogP contribution >= 0.6 is 11.3 Å². The molecule has 0 spiro atoms. The van der Waals surface area contributed by atoms with Crippen LogP contribution in [0.4, 0.5) is 0 Å². The topological polar surface area (TPSA) is 57.2 Å². The van der Waals surface area contributed by atoms with Gasteiger partial charge in [0.15, 0.2) is 17.3 Å². The van der Waals surface area contributed by atoms with E-state index in [2.05, 4.69) is 22.4 Å². The van der Waals surface area contributed by atoms with Crippen LogP contribution in [-0.4, -0.2) is 24.2 Å². The van der Waals surface area contributed by atoms with E-state index in [4.69, 9.17) is 18.9 Å². The first kappa shape index (κ1) is 18.5. The second kappa shape index (κ2) is 7.14. The van der Waals surface area contributed by atoms with E-state index in [0.29, 0.717) is 41.8 Å². The summed E-state index contributed by atoms with van der Waals surface area (Å²) in [6, 6.07) is 11.7. The number of fused-ring (bicyclic) bond motifs is 4. The first-order valence-corrected chi connectivity index (χ1v) is 10.9. The van der Waals surface area contributed by atoms with Crippen molar-refractivity contribution in [3.63, 3.8) is 0 Å². The van der Waals surface area contributed by atoms with Gasteiger partial charge in [-0.05, 0) is 53.8 Å². The minimum atomic E-state index is -0.108. The number of allylic oxidation sites excluding steroid dienone is 1. The Balaban J connectivity index is 1.33. The van der Waals surface area contributed by atoms with Crippen molar-refractivity contribution in [2.75, 3.05) is 13.5 Å². The molecule has 0 N–H and O–H groups in total. The van der Waals surface area contributed by atoms with Gasteiger partial charge in [0.05, 0.1) is 11.1 Å². The van der Waals surface area contributed by atoms with Crippen molar-refractivity contribution >= 4 is 23.2 Å². The molecular formula is C24H19NO5S. The maximum absolute atomic E-state index is 13.2. The highest BCUT2D eigenvalue weighted by Crippen LogP contribution is 2.44. The van der Waals surface area contributed by atoms with E-state index in [0.717, 1.165) is 29.0 Å². The highest BCUT2D eigenvalue weighted by Gasteiger charge is 2.35. The number of rotatable bonds is 3. The van der Waals surface area contributed by atoms with Crippen molar-refractivity contribution in [1.29, 1.82) is 0 Å². The predicted octanol–water partition coefficient (Wildman–Crippen LogP) is 4.75. The number of hydrogen-bond donors (Lipinski definition) is 0. The van der Waals surface area contributed by atoms with E-state index in [-0.39, 0.29) is 12.6 Å². The minimum Gasteiger partial charge on any atom is -0.478 e. The third-order valence-electron chi connectivity index (χ3n) is 5.64. The molecule has 7 heteroatoms. The third kappa shape index (κ3) is 3.17. The average molecular weight is 433 g/mol. The zero-order valence-electron chi connectivity index (χ0n) is 16.8. The number of ketones is 1. The van der Waals surface area contributed by atoms with Crippen LogP contribution in [0, 0.1) is 6.92 Å². The summed E-state index contributed by atoms with van der Waals surface area (Å²) in [6.45, 7) is 4.11. The number of ether oxygens (including phenoxy) is 4. The van der Waals surface area contributed by atoms with Crippen LogP contribution in [0.15, 0.2) is 47.5 Å². The summed E-state index contributed by atoms with van der Waals surface area (Å²) in [5.74, 6) is 2.98. The number of benzene rings is 2. The first-order chi connectivity index (χ1) is 15.2. The van der Waals surface area contributed by atoms with Gasteiger partial charge in [-0.2, -0.15) is 0 Å². The van der Waals surface area contributed by atoms with Crippen LogP contribution < -0.4 is 18.9 Å². The fourth-order valence-electron chi connectivity index (χ4n) is 4.15. The van der Waals surface area contributed by atoms with Crippen molar-refractivity contribution in [3.05, 3.63) is 74.7 Å². The molecule has 0 amide bonds. The van der Waals surface area contributed by atoms with Crippen molar-refractivity contribution in [2.45, 2.75) is 20.0 Å². The van der Waals surface area contributed by atoms with Gasteiger partial charge in [0.25, 0.3) is 0 Å². The molecule has 0 saturated carbocycles. The molecule has 31 heavy (non-hydrogen) atoms. The number of carbonyl (C=O) groups is 1. The van der Waals surface area contributed by atoms with E-state index < -0.39 is 0 Å². The molecule has 0 saturated heterocycles. The molecule has 0 aliphatic carbocycles. The molecule has 0 atom stereocenters. The van der Waals surface area contributed by atoms with E-state index in [1.165, 1.54) is 4.88 Å². The molecule has 0 bridgehead atoms. The Bertz CT molecular complexity index is 1230. The van der Waals surface area contributed by atoms with Crippen LogP contribution in [0.25, 0.3) is 6.08 Å². The molecule has 6 rings (SSSR count). The maximum atomic E-state index is 13.2. The molecule has 2 aromatic carbocycles. The Kier molecular flexibility index (Phi) is 4.26. The standard InChI is InChI=1S/C24H19NO5S/c1-14-7-19-17(11-25(12-27-19)10-16-3-2-6-31-16)24-22(14)23(26)21(30-24)9-15-4-5-18-20(8-15)29-13-28-18/h2-9H,10-13H2,1H3/b21-9-. The van der Waals surface area contributed by atoms with E-state index in [1.54, 1.807) is 17.4 Å². The van der Waals surface area contributed by atoms with Gasteiger partial charge in [0.1, 0.15) is 18.2 Å². The van der Waals surface area contributed by atoms with E-state index in [1.807, 2.05) is 31.2 Å². The van der Waals surface area contributed by atoms with Crippen LogP contribution in [0.1, 0.15) is 31.9 Å². The maximum Gasteiger partial charge on any atom is 0.232 e. The normalized spacial score (nSPS) is 18.0. The van der Waals surface area contributed by atoms with E-state index >= 15 is 0 Å². The lowest BCUT2D eigenvalue weighted by Crippen LogP contribution is -2.31. The van der Waals surface area contributed by atoms with Crippen LogP contribution in [-0.2, 0) is 13.1 Å². The van der Waals surface area contributed by atoms with Gasteiger partial charge in [-0.25, -0.2) is 0 Å². The number of hydrogen-bond acceptors (Lipinski definition) is 7. The highest BCUT2D eigenvalue weighted by molar-refractivity contribution is 7.09. The Hall–Kier alpha value is -3.29. The molecule has 156 valence electrons. The molecular weight excluding hydrogens is 414 g/mol. The molecule has 0 fully saturated rings. The number of aryl methyl sites for hydroxylation is 1. The van der Waals surface area contributed by atoms with Gasteiger partial charge in [0, 0.05) is 18.0 Å². The van der Waals surface area contributed by atoms with E-state index in [9.17, 15) is 4.79 Å². The fraction of sp³-hybridized carbons (Fsp3) is 0.208. The monoisotopic (exact) mass is 433 g/mol. The third-order valence-corrected chi connectivity index (χ3v) is 6.50. The quantitative estimate of drug-likeness (QED) is 0.556. The molecule has 0 radical (unpaired) electrons. The number of thiophene rings is 1. The van der Waals surface area contributed by atoms with Gasteiger partial charge < -0.3 is 18.9 Å². The molecule has 6 nitrogen and oxygen atoms in total.